The van der Waals surface area contributed by atoms with Gasteiger partial charge in [0.2, 0.25) is 0 Å². The van der Waals surface area contributed by atoms with Crippen molar-refractivity contribution in [2.45, 2.75) is 6.61 Å². The summed E-state index contributed by atoms with van der Waals surface area (Å²) in [5.74, 6) is 1.44. The van der Waals surface area contributed by atoms with Gasteiger partial charge < -0.3 is 18.9 Å². The molecule has 0 aliphatic carbocycles. The van der Waals surface area contributed by atoms with Gasteiger partial charge in [-0.2, -0.15) is 0 Å². The summed E-state index contributed by atoms with van der Waals surface area (Å²) in [5, 5.41) is 0. The van der Waals surface area contributed by atoms with E-state index in [9.17, 15) is 4.79 Å². The molecule has 29 heavy (non-hydrogen) atoms. The van der Waals surface area contributed by atoms with E-state index in [0.29, 0.717) is 23.7 Å². The lowest BCUT2D eigenvalue weighted by Gasteiger charge is -2.13. The molecule has 0 aliphatic heterocycles. The zero-order valence-corrected chi connectivity index (χ0v) is 16.3. The fraction of sp³-hybridized carbons (Fsp3) is 0.125. The van der Waals surface area contributed by atoms with Gasteiger partial charge >= 0.3 is 5.97 Å². The highest BCUT2D eigenvalue weighted by atomic mass is 16.5. The summed E-state index contributed by atoms with van der Waals surface area (Å²) in [6.45, 7) is 0.417. The molecule has 3 aromatic rings. The standard InChI is InChI=1S/C24H22O5/c1-26-17-22(24(25)27-2)21-13-6-7-14-23(21)29-20-12-8-9-18(15-20)16-28-19-10-4-3-5-11-19/h3-15,17H,16H2,1-2H3. The van der Waals surface area contributed by atoms with Crippen LogP contribution in [0.3, 0.4) is 0 Å². The third-order valence-electron chi connectivity index (χ3n) is 4.09. The number of ether oxygens (including phenoxy) is 4. The number of carbonyl (C=O) groups is 1. The molecule has 0 spiro atoms. The lowest BCUT2D eigenvalue weighted by atomic mass is 10.1. The van der Waals surface area contributed by atoms with Crippen LogP contribution in [-0.4, -0.2) is 20.2 Å². The van der Waals surface area contributed by atoms with Crippen LogP contribution in [0.2, 0.25) is 0 Å². The van der Waals surface area contributed by atoms with Gasteiger partial charge in [-0.05, 0) is 35.9 Å². The smallest absolute Gasteiger partial charge is 0.341 e. The van der Waals surface area contributed by atoms with E-state index in [4.69, 9.17) is 18.9 Å². The van der Waals surface area contributed by atoms with E-state index in [0.717, 1.165) is 11.3 Å². The molecule has 148 valence electrons. The maximum absolute atomic E-state index is 12.1. The maximum atomic E-state index is 12.1. The molecule has 0 aliphatic rings. The lowest BCUT2D eigenvalue weighted by Crippen LogP contribution is -2.05. The number of benzene rings is 3. The third-order valence-corrected chi connectivity index (χ3v) is 4.09. The summed E-state index contributed by atoms with van der Waals surface area (Å²) >= 11 is 0. The molecule has 3 aromatic carbocycles. The van der Waals surface area contributed by atoms with Crippen molar-refractivity contribution in [3.05, 3.63) is 96.3 Å². The zero-order valence-electron chi connectivity index (χ0n) is 16.3. The molecule has 3 rings (SSSR count). The largest absolute Gasteiger partial charge is 0.503 e. The Kier molecular flexibility index (Phi) is 6.90. The molecule has 0 saturated carbocycles. The van der Waals surface area contributed by atoms with Crippen molar-refractivity contribution < 1.29 is 23.7 Å². The zero-order chi connectivity index (χ0) is 20.5. The Hall–Kier alpha value is -3.73. The first kappa shape index (κ1) is 20.0. The SMILES string of the molecule is COC=C(C(=O)OC)c1ccccc1Oc1cccc(COc2ccccc2)c1. The molecule has 0 heterocycles. The Morgan fingerprint density at radius 2 is 1.59 bits per heavy atom. The number of rotatable bonds is 8. The predicted octanol–water partition coefficient (Wildman–Crippen LogP) is 5.22. The van der Waals surface area contributed by atoms with Crippen LogP contribution in [0.1, 0.15) is 11.1 Å². The molecule has 0 N–H and O–H groups in total. The van der Waals surface area contributed by atoms with E-state index < -0.39 is 5.97 Å². The first-order valence-electron chi connectivity index (χ1n) is 9.06. The van der Waals surface area contributed by atoms with Gasteiger partial charge in [0.15, 0.2) is 0 Å². The quantitative estimate of drug-likeness (QED) is 0.300. The average Bonchev–Trinajstić information content (AvgIpc) is 2.77. The highest BCUT2D eigenvalue weighted by Gasteiger charge is 2.18. The Bertz CT molecular complexity index is 979. The fourth-order valence-corrected chi connectivity index (χ4v) is 2.74. The second kappa shape index (κ2) is 9.99. The van der Waals surface area contributed by atoms with Crippen LogP contribution in [0.25, 0.3) is 5.57 Å². The van der Waals surface area contributed by atoms with Crippen LogP contribution < -0.4 is 9.47 Å². The van der Waals surface area contributed by atoms with Crippen LogP contribution >= 0.6 is 0 Å². The normalized spacial score (nSPS) is 10.9. The van der Waals surface area contributed by atoms with E-state index >= 15 is 0 Å². The molecular weight excluding hydrogens is 368 g/mol. The average molecular weight is 390 g/mol. The number of hydrogen-bond donors (Lipinski definition) is 0. The molecule has 0 atom stereocenters. The number of carbonyl (C=O) groups excluding carboxylic acids is 1. The van der Waals surface area contributed by atoms with Crippen molar-refractivity contribution >= 4 is 11.5 Å². The van der Waals surface area contributed by atoms with Crippen molar-refractivity contribution in [1.29, 1.82) is 0 Å². The predicted molar refractivity (Wildman–Crippen MR) is 111 cm³/mol. The number of methoxy groups -OCH3 is 2. The maximum Gasteiger partial charge on any atom is 0.341 e. The summed E-state index contributed by atoms with van der Waals surface area (Å²) in [6, 6.07) is 24.4. The van der Waals surface area contributed by atoms with Crippen LogP contribution in [0.4, 0.5) is 0 Å². The lowest BCUT2D eigenvalue weighted by molar-refractivity contribution is -0.133. The number of para-hydroxylation sites is 2. The van der Waals surface area contributed by atoms with E-state index in [-0.39, 0.29) is 5.57 Å². The summed E-state index contributed by atoms with van der Waals surface area (Å²) < 4.78 is 21.8. The minimum Gasteiger partial charge on any atom is -0.503 e. The minimum atomic E-state index is -0.507. The van der Waals surface area contributed by atoms with Gasteiger partial charge in [-0.1, -0.05) is 48.5 Å². The highest BCUT2D eigenvalue weighted by Crippen LogP contribution is 2.31. The summed E-state index contributed by atoms with van der Waals surface area (Å²) in [7, 11) is 2.80. The molecule has 0 amide bonds. The molecule has 0 bridgehead atoms. The number of esters is 1. The fourth-order valence-electron chi connectivity index (χ4n) is 2.74. The molecule has 5 nitrogen and oxygen atoms in total. The molecule has 0 unspecified atom stereocenters. The Morgan fingerprint density at radius 1 is 0.862 bits per heavy atom. The van der Waals surface area contributed by atoms with E-state index in [2.05, 4.69) is 0 Å². The Balaban J connectivity index is 1.80. The van der Waals surface area contributed by atoms with Gasteiger partial charge in [-0.25, -0.2) is 4.79 Å². The minimum absolute atomic E-state index is 0.272. The van der Waals surface area contributed by atoms with E-state index in [1.54, 1.807) is 12.1 Å². The van der Waals surface area contributed by atoms with Crippen molar-refractivity contribution in [2.75, 3.05) is 14.2 Å². The van der Waals surface area contributed by atoms with Crippen molar-refractivity contribution in [3.63, 3.8) is 0 Å². The molecule has 5 heteroatoms. The van der Waals surface area contributed by atoms with Crippen LogP contribution in [0, 0.1) is 0 Å². The first-order chi connectivity index (χ1) is 14.2. The molecule has 0 aromatic heterocycles. The van der Waals surface area contributed by atoms with E-state index in [1.165, 1.54) is 20.5 Å². The monoisotopic (exact) mass is 390 g/mol. The van der Waals surface area contributed by atoms with Crippen LogP contribution in [0.5, 0.6) is 17.2 Å². The molecular formula is C24H22O5. The van der Waals surface area contributed by atoms with Crippen molar-refractivity contribution in [2.24, 2.45) is 0 Å². The highest BCUT2D eigenvalue weighted by molar-refractivity contribution is 6.17. The first-order valence-corrected chi connectivity index (χ1v) is 9.06. The second-order valence-electron chi connectivity index (χ2n) is 6.11. The second-order valence-corrected chi connectivity index (χ2v) is 6.11. The number of hydrogen-bond acceptors (Lipinski definition) is 5. The summed E-state index contributed by atoms with van der Waals surface area (Å²) in [6.07, 6.45) is 1.35. The Morgan fingerprint density at radius 3 is 2.34 bits per heavy atom. The molecule has 0 radical (unpaired) electrons. The summed E-state index contributed by atoms with van der Waals surface area (Å²) in [5.41, 5.74) is 1.81. The third kappa shape index (κ3) is 5.39. The van der Waals surface area contributed by atoms with E-state index in [1.807, 2.05) is 66.7 Å². The molecule has 0 fully saturated rings. The van der Waals surface area contributed by atoms with Gasteiger partial charge in [0.1, 0.15) is 29.4 Å². The van der Waals surface area contributed by atoms with Gasteiger partial charge in [-0.3, -0.25) is 0 Å². The van der Waals surface area contributed by atoms with Gasteiger partial charge in [0, 0.05) is 5.56 Å². The van der Waals surface area contributed by atoms with Crippen molar-refractivity contribution in [1.82, 2.24) is 0 Å². The van der Waals surface area contributed by atoms with Crippen LogP contribution in [-0.2, 0) is 20.9 Å². The Labute approximate surface area is 170 Å². The van der Waals surface area contributed by atoms with Gasteiger partial charge in [0.05, 0.1) is 20.5 Å². The van der Waals surface area contributed by atoms with Crippen LogP contribution in [0.15, 0.2) is 85.1 Å². The topological polar surface area (TPSA) is 54.0 Å². The van der Waals surface area contributed by atoms with Gasteiger partial charge in [0.25, 0.3) is 0 Å². The van der Waals surface area contributed by atoms with Crippen molar-refractivity contribution in [3.8, 4) is 17.2 Å². The van der Waals surface area contributed by atoms with Gasteiger partial charge in [-0.15, -0.1) is 0 Å². The summed E-state index contributed by atoms with van der Waals surface area (Å²) in [4.78, 5) is 12.1. The molecule has 0 saturated heterocycles.